The molecular weight excluding hydrogens is 829 g/mol. The summed E-state index contributed by atoms with van der Waals surface area (Å²) in [6.07, 6.45) is 58.1. The molecule has 0 aromatic rings. The van der Waals surface area contributed by atoms with E-state index in [4.69, 9.17) is 14.2 Å². The van der Waals surface area contributed by atoms with Crippen LogP contribution in [0, 0.1) is 11.8 Å². The predicted molar refractivity (Wildman–Crippen MR) is 289 cm³/mol. The lowest BCUT2D eigenvalue weighted by Crippen LogP contribution is -2.30. The number of rotatable bonds is 55. The summed E-state index contributed by atoms with van der Waals surface area (Å²) in [4.78, 5) is 38.2. The lowest BCUT2D eigenvalue weighted by atomic mass is 10.0. The summed E-state index contributed by atoms with van der Waals surface area (Å²) in [5.74, 6) is 0.853. The van der Waals surface area contributed by atoms with E-state index in [9.17, 15) is 14.4 Å². The Morgan fingerprint density at radius 3 is 0.731 bits per heavy atom. The molecule has 0 aliphatic carbocycles. The Morgan fingerprint density at radius 2 is 0.493 bits per heavy atom. The summed E-state index contributed by atoms with van der Waals surface area (Å²) in [5.41, 5.74) is 0. The fraction of sp³-hybridized carbons (Fsp3) is 0.951. The lowest BCUT2D eigenvalue weighted by molar-refractivity contribution is -0.167. The van der Waals surface area contributed by atoms with Gasteiger partial charge >= 0.3 is 17.9 Å². The molecule has 0 spiro atoms. The van der Waals surface area contributed by atoms with E-state index in [0.717, 1.165) is 69.6 Å². The Balaban J connectivity index is 4.30. The van der Waals surface area contributed by atoms with Gasteiger partial charge in [0.1, 0.15) is 13.2 Å². The molecule has 0 aliphatic rings. The molecule has 0 unspecified atom stereocenters. The topological polar surface area (TPSA) is 78.9 Å². The highest BCUT2D eigenvalue weighted by Crippen LogP contribution is 2.18. The Bertz CT molecular complexity index is 1020. The summed E-state index contributed by atoms with van der Waals surface area (Å²) in [6.45, 7) is 11.4. The number of hydrogen-bond donors (Lipinski definition) is 0. The molecule has 0 saturated heterocycles. The SMILES string of the molecule is CCCCCCCCCCCCCCCCCC(=O)OC[C@H](COC(=O)CCCCCCCCCCCCCCCCC(C)C)OC(=O)CCCCCCCCCCCCCCCCC(C)C. The number of carbonyl (C=O) groups excluding carboxylic acids is 3. The molecule has 398 valence electrons. The standard InChI is InChI=1S/C61H118O6/c1-6-7-8-9-10-11-12-13-14-21-26-31-36-41-46-51-59(62)65-54-58(67-61(64)53-48-43-38-33-28-23-18-16-20-25-30-35-40-45-50-57(4)5)55-66-60(63)52-47-42-37-32-27-22-17-15-19-24-29-34-39-44-49-56(2)3/h56-58H,6-55H2,1-5H3/t58-/m1/s1. The van der Waals surface area contributed by atoms with Gasteiger partial charge in [0.25, 0.3) is 0 Å². The average molecular weight is 948 g/mol. The molecule has 0 rings (SSSR count). The van der Waals surface area contributed by atoms with E-state index in [-0.39, 0.29) is 31.1 Å². The third-order valence-electron chi connectivity index (χ3n) is 14.0. The molecular formula is C61H118O6. The second-order valence-corrected chi connectivity index (χ2v) is 21.9. The fourth-order valence-electron chi connectivity index (χ4n) is 9.40. The van der Waals surface area contributed by atoms with Crippen molar-refractivity contribution in [3.63, 3.8) is 0 Å². The number of ether oxygens (including phenoxy) is 3. The highest BCUT2D eigenvalue weighted by molar-refractivity contribution is 5.71. The normalized spacial score (nSPS) is 12.0. The van der Waals surface area contributed by atoms with E-state index in [1.807, 2.05) is 0 Å². The fourth-order valence-corrected chi connectivity index (χ4v) is 9.40. The molecule has 0 aromatic heterocycles. The summed E-state index contributed by atoms with van der Waals surface area (Å²) in [5, 5.41) is 0. The minimum atomic E-state index is -0.763. The van der Waals surface area contributed by atoms with E-state index in [2.05, 4.69) is 34.6 Å². The van der Waals surface area contributed by atoms with Gasteiger partial charge in [0.2, 0.25) is 0 Å². The second-order valence-electron chi connectivity index (χ2n) is 21.9. The van der Waals surface area contributed by atoms with E-state index >= 15 is 0 Å². The zero-order valence-electron chi connectivity index (χ0n) is 46.0. The first kappa shape index (κ1) is 65.4. The van der Waals surface area contributed by atoms with Crippen LogP contribution >= 0.6 is 0 Å². The number of carbonyl (C=O) groups is 3. The second kappa shape index (κ2) is 53.8. The van der Waals surface area contributed by atoms with Crippen LogP contribution in [-0.2, 0) is 28.6 Å². The first-order chi connectivity index (χ1) is 32.7. The summed E-state index contributed by atoms with van der Waals surface area (Å²) < 4.78 is 16.9. The third kappa shape index (κ3) is 55.2. The van der Waals surface area contributed by atoms with Gasteiger partial charge in [0, 0.05) is 19.3 Å². The number of unbranched alkanes of at least 4 members (excludes halogenated alkanes) is 40. The van der Waals surface area contributed by atoms with E-state index in [1.165, 1.54) is 231 Å². The molecule has 0 aromatic carbocycles. The molecule has 0 bridgehead atoms. The minimum Gasteiger partial charge on any atom is -0.462 e. The largest absolute Gasteiger partial charge is 0.462 e. The maximum absolute atomic E-state index is 12.9. The van der Waals surface area contributed by atoms with Crippen LogP contribution < -0.4 is 0 Å². The zero-order valence-corrected chi connectivity index (χ0v) is 46.0. The van der Waals surface area contributed by atoms with E-state index in [0.29, 0.717) is 19.3 Å². The van der Waals surface area contributed by atoms with Crippen LogP contribution in [0.2, 0.25) is 0 Å². The average Bonchev–Trinajstić information content (AvgIpc) is 3.30. The number of hydrogen-bond acceptors (Lipinski definition) is 6. The molecule has 6 heteroatoms. The van der Waals surface area contributed by atoms with Crippen molar-refractivity contribution in [1.82, 2.24) is 0 Å². The number of esters is 3. The third-order valence-corrected chi connectivity index (χ3v) is 14.0. The van der Waals surface area contributed by atoms with Crippen molar-refractivity contribution in [1.29, 1.82) is 0 Å². The van der Waals surface area contributed by atoms with Crippen LogP contribution in [0.4, 0.5) is 0 Å². The summed E-state index contributed by atoms with van der Waals surface area (Å²) in [7, 11) is 0. The maximum Gasteiger partial charge on any atom is 0.306 e. The monoisotopic (exact) mass is 947 g/mol. The Labute approximate surface area is 418 Å². The predicted octanol–water partition coefficient (Wildman–Crippen LogP) is 20.0. The van der Waals surface area contributed by atoms with Crippen LogP contribution in [-0.4, -0.2) is 37.2 Å². The minimum absolute atomic E-state index is 0.0622. The quantitative estimate of drug-likeness (QED) is 0.0343. The Kier molecular flexibility index (Phi) is 52.5. The van der Waals surface area contributed by atoms with Crippen molar-refractivity contribution in [2.24, 2.45) is 11.8 Å². The van der Waals surface area contributed by atoms with Gasteiger partial charge in [-0.3, -0.25) is 14.4 Å². The summed E-state index contributed by atoms with van der Waals surface area (Å²) in [6, 6.07) is 0. The van der Waals surface area contributed by atoms with E-state index in [1.54, 1.807) is 0 Å². The molecule has 0 N–H and O–H groups in total. The van der Waals surface area contributed by atoms with Crippen molar-refractivity contribution < 1.29 is 28.6 Å². The highest BCUT2D eigenvalue weighted by Gasteiger charge is 2.19. The maximum atomic E-state index is 12.9. The zero-order chi connectivity index (χ0) is 48.9. The molecule has 1 atom stereocenters. The van der Waals surface area contributed by atoms with Gasteiger partial charge in [-0.25, -0.2) is 0 Å². The lowest BCUT2D eigenvalue weighted by Gasteiger charge is -2.18. The van der Waals surface area contributed by atoms with Crippen molar-refractivity contribution >= 4 is 17.9 Å². The van der Waals surface area contributed by atoms with Gasteiger partial charge in [-0.15, -0.1) is 0 Å². The summed E-state index contributed by atoms with van der Waals surface area (Å²) >= 11 is 0. The molecule has 6 nitrogen and oxygen atoms in total. The van der Waals surface area contributed by atoms with Crippen LogP contribution in [0.3, 0.4) is 0 Å². The van der Waals surface area contributed by atoms with Crippen LogP contribution in [0.15, 0.2) is 0 Å². The van der Waals surface area contributed by atoms with Gasteiger partial charge in [0.05, 0.1) is 0 Å². The molecule has 0 heterocycles. The molecule has 67 heavy (non-hydrogen) atoms. The van der Waals surface area contributed by atoms with Crippen LogP contribution in [0.1, 0.15) is 343 Å². The van der Waals surface area contributed by atoms with Gasteiger partial charge in [0.15, 0.2) is 6.10 Å². The first-order valence-corrected chi connectivity index (χ1v) is 30.2. The molecule has 0 radical (unpaired) electrons. The van der Waals surface area contributed by atoms with Gasteiger partial charge in [-0.1, -0.05) is 304 Å². The Morgan fingerprint density at radius 1 is 0.284 bits per heavy atom. The van der Waals surface area contributed by atoms with Gasteiger partial charge in [-0.05, 0) is 31.1 Å². The van der Waals surface area contributed by atoms with Crippen molar-refractivity contribution in [3.05, 3.63) is 0 Å². The van der Waals surface area contributed by atoms with Gasteiger partial charge < -0.3 is 14.2 Å². The molecule has 0 amide bonds. The molecule has 0 saturated carbocycles. The first-order valence-electron chi connectivity index (χ1n) is 30.2. The van der Waals surface area contributed by atoms with Crippen LogP contribution in [0.25, 0.3) is 0 Å². The Hall–Kier alpha value is -1.59. The van der Waals surface area contributed by atoms with Crippen LogP contribution in [0.5, 0.6) is 0 Å². The highest BCUT2D eigenvalue weighted by atomic mass is 16.6. The smallest absolute Gasteiger partial charge is 0.306 e. The molecule has 0 aliphatic heterocycles. The van der Waals surface area contributed by atoms with Crippen molar-refractivity contribution in [3.8, 4) is 0 Å². The van der Waals surface area contributed by atoms with E-state index < -0.39 is 6.10 Å². The molecule has 0 fully saturated rings. The van der Waals surface area contributed by atoms with Gasteiger partial charge in [-0.2, -0.15) is 0 Å². The van der Waals surface area contributed by atoms with Crippen molar-refractivity contribution in [2.75, 3.05) is 13.2 Å². The van der Waals surface area contributed by atoms with Crippen molar-refractivity contribution in [2.45, 2.75) is 349 Å².